The van der Waals surface area contributed by atoms with Crippen LogP contribution in [0.1, 0.15) is 43.7 Å². The SMILES string of the molecule is COc1cc(N2CCC(N3CCC(N(C)C)CC3)CC2)ccc1Nc1cc(N2OCC[C@@H]2c2ccccc2)ncn1. The van der Waals surface area contributed by atoms with E-state index in [4.69, 9.17) is 9.57 Å². The second-order valence-corrected chi connectivity index (χ2v) is 11.6. The van der Waals surface area contributed by atoms with Gasteiger partial charge >= 0.3 is 0 Å². The van der Waals surface area contributed by atoms with Crippen LogP contribution in [0.4, 0.5) is 23.0 Å². The molecule has 0 unspecified atom stereocenters. The van der Waals surface area contributed by atoms with Crippen molar-refractivity contribution >= 4 is 23.0 Å². The minimum Gasteiger partial charge on any atom is -0.494 e. The number of rotatable bonds is 8. The zero-order chi connectivity index (χ0) is 28.2. The second kappa shape index (κ2) is 12.6. The minimum atomic E-state index is 0.127. The van der Waals surface area contributed by atoms with Crippen molar-refractivity contribution in [3.63, 3.8) is 0 Å². The summed E-state index contributed by atoms with van der Waals surface area (Å²) in [5.74, 6) is 2.23. The Balaban J connectivity index is 1.09. The Bertz CT molecular complexity index is 1270. The van der Waals surface area contributed by atoms with Gasteiger partial charge in [-0.2, -0.15) is 0 Å². The van der Waals surface area contributed by atoms with E-state index in [0.717, 1.165) is 42.8 Å². The summed E-state index contributed by atoms with van der Waals surface area (Å²) >= 11 is 0. The van der Waals surface area contributed by atoms with Crippen LogP contribution in [0.5, 0.6) is 5.75 Å². The van der Waals surface area contributed by atoms with Gasteiger partial charge in [-0.3, -0.25) is 4.84 Å². The molecule has 0 amide bonds. The molecule has 41 heavy (non-hydrogen) atoms. The van der Waals surface area contributed by atoms with Crippen molar-refractivity contribution in [1.82, 2.24) is 19.8 Å². The zero-order valence-corrected chi connectivity index (χ0v) is 24.6. The Morgan fingerprint density at radius 1 is 0.902 bits per heavy atom. The number of nitrogens with zero attached hydrogens (tertiary/aromatic N) is 6. The number of hydrogen-bond acceptors (Lipinski definition) is 9. The summed E-state index contributed by atoms with van der Waals surface area (Å²) in [6.07, 6.45) is 7.48. The molecule has 3 aliphatic heterocycles. The molecule has 3 fully saturated rings. The summed E-state index contributed by atoms with van der Waals surface area (Å²) in [6.45, 7) is 5.25. The van der Waals surface area contributed by atoms with Crippen molar-refractivity contribution in [2.75, 3.05) is 69.3 Å². The molecule has 1 atom stereocenters. The van der Waals surface area contributed by atoms with Gasteiger partial charge in [-0.05, 0) is 70.6 Å². The normalized spacial score (nSPS) is 21.0. The number of anilines is 4. The molecule has 218 valence electrons. The molecule has 6 rings (SSSR count). The first kappa shape index (κ1) is 27.8. The third kappa shape index (κ3) is 6.27. The highest BCUT2D eigenvalue weighted by atomic mass is 16.7. The number of methoxy groups -OCH3 is 1. The predicted octanol–water partition coefficient (Wildman–Crippen LogP) is 5.11. The molecule has 9 nitrogen and oxygen atoms in total. The Morgan fingerprint density at radius 3 is 2.41 bits per heavy atom. The van der Waals surface area contributed by atoms with E-state index >= 15 is 0 Å². The highest BCUT2D eigenvalue weighted by Gasteiger charge is 2.30. The number of aromatic nitrogens is 2. The molecule has 1 N–H and O–H groups in total. The van der Waals surface area contributed by atoms with Crippen LogP contribution in [-0.4, -0.2) is 85.8 Å². The van der Waals surface area contributed by atoms with Gasteiger partial charge in [0.2, 0.25) is 0 Å². The Hall–Kier alpha value is -3.40. The minimum absolute atomic E-state index is 0.127. The fourth-order valence-electron chi connectivity index (χ4n) is 6.58. The molecule has 9 heteroatoms. The third-order valence-electron chi connectivity index (χ3n) is 8.99. The fourth-order valence-corrected chi connectivity index (χ4v) is 6.58. The van der Waals surface area contributed by atoms with Gasteiger partial charge in [0, 0.05) is 49.4 Å². The van der Waals surface area contributed by atoms with Crippen LogP contribution >= 0.6 is 0 Å². The topological polar surface area (TPSA) is 69.2 Å². The lowest BCUT2D eigenvalue weighted by Crippen LogP contribution is -2.50. The molecule has 0 spiro atoms. The largest absolute Gasteiger partial charge is 0.494 e. The highest BCUT2D eigenvalue weighted by Crippen LogP contribution is 2.36. The summed E-state index contributed by atoms with van der Waals surface area (Å²) in [4.78, 5) is 22.6. The van der Waals surface area contributed by atoms with E-state index in [1.165, 1.54) is 50.0 Å². The molecule has 0 radical (unpaired) electrons. The van der Waals surface area contributed by atoms with Crippen LogP contribution < -0.4 is 20.0 Å². The number of hydrogen-bond donors (Lipinski definition) is 1. The lowest BCUT2D eigenvalue weighted by molar-refractivity contribution is 0.0960. The number of nitrogens with one attached hydrogen (secondary N) is 1. The molecule has 3 aliphatic rings. The first-order valence-electron chi connectivity index (χ1n) is 15.0. The average Bonchev–Trinajstić information content (AvgIpc) is 3.52. The molecule has 0 saturated carbocycles. The van der Waals surface area contributed by atoms with Crippen molar-refractivity contribution in [2.45, 2.75) is 50.2 Å². The van der Waals surface area contributed by atoms with Crippen molar-refractivity contribution < 1.29 is 9.57 Å². The van der Waals surface area contributed by atoms with E-state index in [-0.39, 0.29) is 6.04 Å². The van der Waals surface area contributed by atoms with Crippen molar-refractivity contribution in [3.8, 4) is 5.75 Å². The summed E-state index contributed by atoms with van der Waals surface area (Å²) in [5, 5.41) is 5.35. The lowest BCUT2D eigenvalue weighted by Gasteiger charge is -2.43. The van der Waals surface area contributed by atoms with E-state index < -0.39 is 0 Å². The van der Waals surface area contributed by atoms with E-state index in [2.05, 4.69) is 86.5 Å². The molecule has 4 heterocycles. The number of benzene rings is 2. The van der Waals surface area contributed by atoms with Gasteiger partial charge in [0.1, 0.15) is 17.9 Å². The van der Waals surface area contributed by atoms with Crippen LogP contribution in [0.2, 0.25) is 0 Å². The van der Waals surface area contributed by atoms with Gasteiger partial charge in [-0.25, -0.2) is 15.0 Å². The number of hydroxylamine groups is 1. The Labute approximate surface area is 244 Å². The maximum absolute atomic E-state index is 5.98. The maximum Gasteiger partial charge on any atom is 0.158 e. The van der Waals surface area contributed by atoms with Gasteiger partial charge in [0.15, 0.2) is 5.82 Å². The monoisotopic (exact) mass is 557 g/mol. The van der Waals surface area contributed by atoms with Crippen LogP contribution in [0.15, 0.2) is 60.9 Å². The first-order chi connectivity index (χ1) is 20.1. The molecule has 0 aliphatic carbocycles. The van der Waals surface area contributed by atoms with Crippen molar-refractivity contribution in [3.05, 3.63) is 66.5 Å². The van der Waals surface area contributed by atoms with Gasteiger partial charge in [0.05, 0.1) is 25.4 Å². The van der Waals surface area contributed by atoms with E-state index in [9.17, 15) is 0 Å². The quantitative estimate of drug-likeness (QED) is 0.407. The summed E-state index contributed by atoms with van der Waals surface area (Å²) in [7, 11) is 6.15. The summed E-state index contributed by atoms with van der Waals surface area (Å²) in [6, 6.07) is 20.3. The van der Waals surface area contributed by atoms with Gasteiger partial charge in [-0.15, -0.1) is 0 Å². The summed E-state index contributed by atoms with van der Waals surface area (Å²) in [5.41, 5.74) is 3.30. The average molecular weight is 558 g/mol. The molecular weight excluding hydrogens is 514 g/mol. The highest BCUT2D eigenvalue weighted by molar-refractivity contribution is 5.70. The van der Waals surface area contributed by atoms with Crippen molar-refractivity contribution in [1.29, 1.82) is 0 Å². The van der Waals surface area contributed by atoms with Gasteiger partial charge in [0.25, 0.3) is 0 Å². The van der Waals surface area contributed by atoms with Gasteiger partial charge < -0.3 is 24.8 Å². The molecule has 1 aromatic heterocycles. The second-order valence-electron chi connectivity index (χ2n) is 11.6. The summed E-state index contributed by atoms with van der Waals surface area (Å²) < 4.78 is 5.82. The van der Waals surface area contributed by atoms with E-state index in [1.807, 2.05) is 17.2 Å². The smallest absolute Gasteiger partial charge is 0.158 e. The zero-order valence-electron chi connectivity index (χ0n) is 24.6. The molecular formula is C32H43N7O2. The lowest BCUT2D eigenvalue weighted by atomic mass is 9.97. The number of ether oxygens (including phenoxy) is 1. The molecule has 3 aromatic rings. The fraction of sp³-hybridized carbons (Fsp3) is 0.500. The maximum atomic E-state index is 5.98. The van der Waals surface area contributed by atoms with Crippen LogP contribution in [0.3, 0.4) is 0 Å². The van der Waals surface area contributed by atoms with Crippen molar-refractivity contribution in [2.24, 2.45) is 0 Å². The van der Waals surface area contributed by atoms with Crippen LogP contribution in [-0.2, 0) is 4.84 Å². The molecule has 3 saturated heterocycles. The van der Waals surface area contributed by atoms with E-state index in [1.54, 1.807) is 13.4 Å². The Morgan fingerprint density at radius 2 is 1.68 bits per heavy atom. The molecule has 2 aromatic carbocycles. The molecule has 0 bridgehead atoms. The van der Waals surface area contributed by atoms with E-state index in [0.29, 0.717) is 18.5 Å². The van der Waals surface area contributed by atoms with Crippen LogP contribution in [0.25, 0.3) is 0 Å². The third-order valence-corrected chi connectivity index (χ3v) is 8.99. The van der Waals surface area contributed by atoms with Crippen LogP contribution in [0, 0.1) is 0 Å². The van der Waals surface area contributed by atoms with Gasteiger partial charge in [-0.1, -0.05) is 30.3 Å². The number of likely N-dealkylation sites (tertiary alicyclic amines) is 1. The predicted molar refractivity (Wildman–Crippen MR) is 164 cm³/mol. The standard InChI is InChI=1S/C32H43N7O2/c1-36(2)25-11-16-37(17-12-25)26-13-18-38(19-14-26)27-9-10-28(30(21-27)40-3)35-31-22-32(34-23-33-31)39-29(15-20-41-39)24-7-5-4-6-8-24/h4-10,21-23,25-26,29H,11-20H2,1-3H3,(H,33,34,35)/t29-/m1/s1. The number of piperidine rings is 2. The first-order valence-corrected chi connectivity index (χ1v) is 15.0. The Kier molecular flexibility index (Phi) is 8.55.